The molecule has 1 heterocycles. The van der Waals surface area contributed by atoms with Crippen molar-refractivity contribution < 1.29 is 9.53 Å². The summed E-state index contributed by atoms with van der Waals surface area (Å²) in [5, 5.41) is 0.676. The van der Waals surface area contributed by atoms with Crippen LogP contribution >= 0.6 is 27.5 Å². The lowest BCUT2D eigenvalue weighted by molar-refractivity contribution is 0.0224. The van der Waals surface area contributed by atoms with Gasteiger partial charge in [-0.15, -0.1) is 0 Å². The standard InChI is InChI=1S/C15H19BrClNO2/c1-15(2,3)20-14(19)18-8-4-5-13(18)10-6-7-12(17)11(16)9-10/h6-7,9,13H,4-5,8H2,1-3H3. The van der Waals surface area contributed by atoms with E-state index in [0.29, 0.717) is 5.02 Å². The number of ether oxygens (including phenoxy) is 1. The first kappa shape index (κ1) is 15.6. The zero-order chi connectivity index (χ0) is 14.9. The van der Waals surface area contributed by atoms with E-state index in [1.165, 1.54) is 0 Å². The van der Waals surface area contributed by atoms with Crippen molar-refractivity contribution in [3.8, 4) is 0 Å². The molecule has 1 aliphatic heterocycles. The first-order valence-electron chi connectivity index (χ1n) is 6.72. The summed E-state index contributed by atoms with van der Waals surface area (Å²) in [5.74, 6) is 0. The molecule has 3 nitrogen and oxygen atoms in total. The van der Waals surface area contributed by atoms with Crippen LogP contribution in [-0.4, -0.2) is 23.1 Å². The molecule has 0 bridgehead atoms. The Morgan fingerprint density at radius 1 is 1.45 bits per heavy atom. The van der Waals surface area contributed by atoms with Gasteiger partial charge in [-0.1, -0.05) is 17.7 Å². The van der Waals surface area contributed by atoms with E-state index in [2.05, 4.69) is 15.9 Å². The van der Waals surface area contributed by atoms with Crippen LogP contribution in [-0.2, 0) is 4.74 Å². The number of benzene rings is 1. The highest BCUT2D eigenvalue weighted by atomic mass is 79.9. The molecule has 1 aliphatic rings. The van der Waals surface area contributed by atoms with Crippen LogP contribution in [0.1, 0.15) is 45.2 Å². The van der Waals surface area contributed by atoms with Crippen molar-refractivity contribution in [2.24, 2.45) is 0 Å². The topological polar surface area (TPSA) is 29.5 Å². The van der Waals surface area contributed by atoms with Crippen LogP contribution in [0.15, 0.2) is 22.7 Å². The van der Waals surface area contributed by atoms with Crippen molar-refractivity contribution >= 4 is 33.6 Å². The van der Waals surface area contributed by atoms with Gasteiger partial charge in [0.15, 0.2) is 0 Å². The summed E-state index contributed by atoms with van der Waals surface area (Å²) in [6, 6.07) is 5.88. The Morgan fingerprint density at radius 2 is 2.15 bits per heavy atom. The molecule has 1 saturated heterocycles. The number of carbonyl (C=O) groups excluding carboxylic acids is 1. The summed E-state index contributed by atoms with van der Waals surface area (Å²) < 4.78 is 6.33. The zero-order valence-corrected chi connectivity index (χ0v) is 14.3. The lowest BCUT2D eigenvalue weighted by Gasteiger charge is -2.29. The molecule has 0 saturated carbocycles. The third-order valence-corrected chi connectivity index (χ3v) is 4.42. The number of halogens is 2. The second-order valence-electron chi connectivity index (χ2n) is 6.01. The zero-order valence-electron chi connectivity index (χ0n) is 12.0. The first-order chi connectivity index (χ1) is 9.28. The normalized spacial score (nSPS) is 19.2. The van der Waals surface area contributed by atoms with Gasteiger partial charge in [-0.2, -0.15) is 0 Å². The van der Waals surface area contributed by atoms with E-state index in [1.807, 2.05) is 39.0 Å². The van der Waals surface area contributed by atoms with Gasteiger partial charge in [0, 0.05) is 11.0 Å². The van der Waals surface area contributed by atoms with Crippen molar-refractivity contribution in [2.45, 2.75) is 45.3 Å². The SMILES string of the molecule is CC(C)(C)OC(=O)N1CCCC1c1ccc(Cl)c(Br)c1. The molecule has 110 valence electrons. The highest BCUT2D eigenvalue weighted by molar-refractivity contribution is 9.10. The minimum atomic E-state index is -0.467. The van der Waals surface area contributed by atoms with Crippen LogP contribution in [0.25, 0.3) is 0 Å². The minimum absolute atomic E-state index is 0.0680. The van der Waals surface area contributed by atoms with Crippen LogP contribution in [0.5, 0.6) is 0 Å². The fourth-order valence-electron chi connectivity index (χ4n) is 2.37. The fourth-order valence-corrected chi connectivity index (χ4v) is 2.89. The summed E-state index contributed by atoms with van der Waals surface area (Å²) in [6.45, 7) is 6.39. The summed E-state index contributed by atoms with van der Waals surface area (Å²) in [5.41, 5.74) is 0.620. The molecule has 1 unspecified atom stereocenters. The third-order valence-electron chi connectivity index (χ3n) is 3.21. The van der Waals surface area contributed by atoms with Crippen LogP contribution in [0.2, 0.25) is 5.02 Å². The van der Waals surface area contributed by atoms with Gasteiger partial charge in [-0.3, -0.25) is 0 Å². The number of hydrogen-bond donors (Lipinski definition) is 0. The second kappa shape index (κ2) is 5.94. The van der Waals surface area contributed by atoms with Gasteiger partial charge in [0.25, 0.3) is 0 Å². The average molecular weight is 361 g/mol. The Labute approximate surface area is 133 Å². The quantitative estimate of drug-likeness (QED) is 0.691. The smallest absolute Gasteiger partial charge is 0.410 e. The van der Waals surface area contributed by atoms with Crippen molar-refractivity contribution in [3.05, 3.63) is 33.3 Å². The molecular formula is C15H19BrClNO2. The molecule has 20 heavy (non-hydrogen) atoms. The second-order valence-corrected chi connectivity index (χ2v) is 7.27. The van der Waals surface area contributed by atoms with Gasteiger partial charge in [-0.25, -0.2) is 4.79 Å². The molecule has 1 aromatic rings. The monoisotopic (exact) mass is 359 g/mol. The van der Waals surface area contributed by atoms with Crippen LogP contribution < -0.4 is 0 Å². The van der Waals surface area contributed by atoms with Gasteiger partial charge in [-0.05, 0) is 67.2 Å². The predicted molar refractivity (Wildman–Crippen MR) is 84.1 cm³/mol. The van der Waals surface area contributed by atoms with E-state index < -0.39 is 5.60 Å². The Kier molecular flexibility index (Phi) is 4.65. The summed E-state index contributed by atoms with van der Waals surface area (Å²) in [4.78, 5) is 14.1. The Morgan fingerprint density at radius 3 is 2.75 bits per heavy atom. The molecule has 1 atom stereocenters. The van der Waals surface area contributed by atoms with Crippen molar-refractivity contribution in [2.75, 3.05) is 6.54 Å². The highest BCUT2D eigenvalue weighted by Gasteiger charge is 2.33. The van der Waals surface area contributed by atoms with Crippen molar-refractivity contribution in [3.63, 3.8) is 0 Å². The molecule has 1 fully saturated rings. The third kappa shape index (κ3) is 3.67. The average Bonchev–Trinajstić information content (AvgIpc) is 2.79. The van der Waals surface area contributed by atoms with E-state index in [0.717, 1.165) is 29.4 Å². The van der Waals surface area contributed by atoms with Crippen molar-refractivity contribution in [1.29, 1.82) is 0 Å². The molecule has 1 amide bonds. The molecule has 2 rings (SSSR count). The number of nitrogens with zero attached hydrogens (tertiary/aromatic N) is 1. The maximum Gasteiger partial charge on any atom is 0.410 e. The molecular weight excluding hydrogens is 342 g/mol. The summed E-state index contributed by atoms with van der Waals surface area (Å²) in [7, 11) is 0. The number of carbonyl (C=O) groups is 1. The molecule has 0 spiro atoms. The van der Waals surface area contributed by atoms with E-state index in [1.54, 1.807) is 4.90 Å². The first-order valence-corrected chi connectivity index (χ1v) is 7.89. The Hall–Kier alpha value is -0.740. The van der Waals surface area contributed by atoms with E-state index >= 15 is 0 Å². The maximum atomic E-state index is 12.3. The van der Waals surface area contributed by atoms with Gasteiger partial charge >= 0.3 is 6.09 Å². The van der Waals surface area contributed by atoms with E-state index in [9.17, 15) is 4.79 Å². The molecule has 0 N–H and O–H groups in total. The van der Waals surface area contributed by atoms with Gasteiger partial charge in [0.2, 0.25) is 0 Å². The molecule has 5 heteroatoms. The number of likely N-dealkylation sites (tertiary alicyclic amines) is 1. The highest BCUT2D eigenvalue weighted by Crippen LogP contribution is 2.35. The van der Waals surface area contributed by atoms with Gasteiger partial charge in [0.05, 0.1) is 11.1 Å². The number of amides is 1. The fraction of sp³-hybridized carbons (Fsp3) is 0.533. The lowest BCUT2D eigenvalue weighted by atomic mass is 10.1. The van der Waals surface area contributed by atoms with Gasteiger partial charge in [0.1, 0.15) is 5.60 Å². The summed E-state index contributed by atoms with van der Waals surface area (Å²) >= 11 is 9.45. The van der Waals surface area contributed by atoms with Gasteiger partial charge < -0.3 is 9.64 Å². The largest absolute Gasteiger partial charge is 0.444 e. The van der Waals surface area contributed by atoms with Crippen LogP contribution in [0, 0.1) is 0 Å². The predicted octanol–water partition coefficient (Wildman–Crippen LogP) is 5.17. The Bertz CT molecular complexity index is 513. The Balaban J connectivity index is 2.18. The van der Waals surface area contributed by atoms with E-state index in [4.69, 9.17) is 16.3 Å². The minimum Gasteiger partial charge on any atom is -0.444 e. The number of hydrogen-bond acceptors (Lipinski definition) is 2. The maximum absolute atomic E-state index is 12.3. The number of rotatable bonds is 1. The van der Waals surface area contributed by atoms with Crippen molar-refractivity contribution in [1.82, 2.24) is 4.90 Å². The lowest BCUT2D eigenvalue weighted by Crippen LogP contribution is -2.36. The molecule has 0 radical (unpaired) electrons. The van der Waals surface area contributed by atoms with E-state index in [-0.39, 0.29) is 12.1 Å². The molecule has 0 aliphatic carbocycles. The molecule has 0 aromatic heterocycles. The van der Waals surface area contributed by atoms with Crippen LogP contribution in [0.3, 0.4) is 0 Å². The molecule has 1 aromatic carbocycles. The summed E-state index contributed by atoms with van der Waals surface area (Å²) in [6.07, 6.45) is 1.70. The van der Waals surface area contributed by atoms with Crippen LogP contribution in [0.4, 0.5) is 4.79 Å².